The molecule has 2 atom stereocenters. The van der Waals surface area contributed by atoms with Gasteiger partial charge < -0.3 is 9.47 Å². The summed E-state index contributed by atoms with van der Waals surface area (Å²) in [7, 11) is 0. The van der Waals surface area contributed by atoms with E-state index in [1.54, 1.807) is 13.8 Å². The molecule has 3 aromatic rings. The van der Waals surface area contributed by atoms with Crippen LogP contribution in [0.4, 0.5) is 0 Å². The maximum Gasteiger partial charge on any atom is 0.279 e. The molecule has 2 amide bonds. The van der Waals surface area contributed by atoms with Crippen molar-refractivity contribution in [3.05, 3.63) is 72.3 Å². The number of hydrogen-bond donors (Lipinski definition) is 2. The Morgan fingerprint density at radius 3 is 1.77 bits per heavy atom. The maximum atomic E-state index is 12.3. The summed E-state index contributed by atoms with van der Waals surface area (Å²) in [6.07, 6.45) is -1.57. The molecule has 0 unspecified atom stereocenters. The molecule has 0 radical (unpaired) electrons. The van der Waals surface area contributed by atoms with Crippen molar-refractivity contribution in [3.8, 4) is 11.5 Å². The van der Waals surface area contributed by atoms with Crippen LogP contribution in [0.25, 0.3) is 10.8 Å². The molecule has 0 spiro atoms. The highest BCUT2D eigenvalue weighted by molar-refractivity contribution is 5.87. The summed E-state index contributed by atoms with van der Waals surface area (Å²) in [6, 6.07) is 21.1. The smallest absolute Gasteiger partial charge is 0.279 e. The summed E-state index contributed by atoms with van der Waals surface area (Å²) in [5.41, 5.74) is 5.96. The maximum absolute atomic E-state index is 12.3. The number of carbonyl (C=O) groups excluding carboxylic acids is 2. The second kappa shape index (κ2) is 9.98. The van der Waals surface area contributed by atoms with Gasteiger partial charge in [0.15, 0.2) is 12.2 Å². The molecule has 0 heterocycles. The van der Waals surface area contributed by atoms with Crippen LogP contribution in [0.15, 0.2) is 66.7 Å². The number of carbonyl (C=O) groups is 2. The summed E-state index contributed by atoms with van der Waals surface area (Å²) in [4.78, 5) is 24.6. The lowest BCUT2D eigenvalue weighted by molar-refractivity contribution is -0.135. The monoisotopic (exact) mass is 420 g/mol. The van der Waals surface area contributed by atoms with E-state index in [2.05, 4.69) is 24.7 Å². The van der Waals surface area contributed by atoms with Crippen LogP contribution >= 0.6 is 0 Å². The first-order valence-electron chi connectivity index (χ1n) is 10.4. The topological polar surface area (TPSA) is 76.7 Å². The highest BCUT2D eigenvalue weighted by Crippen LogP contribution is 2.21. The molecule has 162 valence electrons. The van der Waals surface area contributed by atoms with Crippen molar-refractivity contribution >= 4 is 22.6 Å². The highest BCUT2D eigenvalue weighted by atomic mass is 16.5. The zero-order chi connectivity index (χ0) is 22.4. The van der Waals surface area contributed by atoms with E-state index in [9.17, 15) is 9.59 Å². The van der Waals surface area contributed by atoms with Gasteiger partial charge in [0.1, 0.15) is 11.5 Å². The molecule has 0 bridgehead atoms. The molecule has 3 rings (SSSR count). The normalized spacial score (nSPS) is 12.8. The van der Waals surface area contributed by atoms with Crippen LogP contribution in [0.5, 0.6) is 11.5 Å². The number of hydrogen-bond acceptors (Lipinski definition) is 4. The zero-order valence-electron chi connectivity index (χ0n) is 18.2. The number of amides is 2. The Bertz CT molecular complexity index is 1050. The van der Waals surface area contributed by atoms with Gasteiger partial charge in [0, 0.05) is 0 Å². The largest absolute Gasteiger partial charge is 0.481 e. The Labute approximate surface area is 182 Å². The summed E-state index contributed by atoms with van der Waals surface area (Å²) >= 11 is 0. The van der Waals surface area contributed by atoms with E-state index in [4.69, 9.17) is 9.47 Å². The van der Waals surface area contributed by atoms with Gasteiger partial charge in [-0.3, -0.25) is 20.4 Å². The highest BCUT2D eigenvalue weighted by Gasteiger charge is 2.19. The first kappa shape index (κ1) is 22.2. The standard InChI is InChI=1S/C25H28N2O4/c1-16(2)19-9-12-22(13-10-19)30-17(3)24(28)26-27-25(29)18(4)31-23-14-11-20-7-5-6-8-21(20)15-23/h5-18H,1-4H3,(H,26,28)(H,27,29)/t17-,18+/m1/s1. The fraction of sp³-hybridized carbons (Fsp3) is 0.280. The van der Waals surface area contributed by atoms with E-state index in [-0.39, 0.29) is 0 Å². The number of hydrazine groups is 1. The number of rotatable bonds is 7. The number of nitrogens with one attached hydrogen (secondary N) is 2. The Balaban J connectivity index is 1.48. The lowest BCUT2D eigenvalue weighted by Gasteiger charge is -2.18. The molecule has 0 saturated carbocycles. The lowest BCUT2D eigenvalue weighted by atomic mass is 10.0. The third-order valence-electron chi connectivity index (χ3n) is 4.94. The van der Waals surface area contributed by atoms with Crippen LogP contribution in [-0.4, -0.2) is 24.0 Å². The van der Waals surface area contributed by atoms with E-state index >= 15 is 0 Å². The molecule has 0 aromatic heterocycles. The Kier molecular flexibility index (Phi) is 7.13. The van der Waals surface area contributed by atoms with Crippen LogP contribution in [-0.2, 0) is 9.59 Å². The van der Waals surface area contributed by atoms with E-state index in [0.29, 0.717) is 17.4 Å². The Morgan fingerprint density at radius 1 is 0.677 bits per heavy atom. The number of fused-ring (bicyclic) bond motifs is 1. The minimum Gasteiger partial charge on any atom is -0.481 e. The average Bonchev–Trinajstić information content (AvgIpc) is 2.77. The van der Waals surface area contributed by atoms with Gasteiger partial charge in [-0.2, -0.15) is 0 Å². The van der Waals surface area contributed by atoms with E-state index in [1.807, 2.05) is 66.7 Å². The van der Waals surface area contributed by atoms with Crippen molar-refractivity contribution < 1.29 is 19.1 Å². The third kappa shape index (κ3) is 5.98. The third-order valence-corrected chi connectivity index (χ3v) is 4.94. The second-order valence-corrected chi connectivity index (χ2v) is 7.73. The first-order valence-corrected chi connectivity index (χ1v) is 10.4. The molecule has 0 saturated heterocycles. The number of ether oxygens (including phenoxy) is 2. The van der Waals surface area contributed by atoms with Crippen molar-refractivity contribution in [2.45, 2.75) is 45.8 Å². The molecule has 2 N–H and O–H groups in total. The van der Waals surface area contributed by atoms with Gasteiger partial charge >= 0.3 is 0 Å². The molecule has 3 aromatic carbocycles. The SMILES string of the molecule is CC(C)c1ccc(O[C@H](C)C(=O)NNC(=O)[C@H](C)Oc2ccc3ccccc3c2)cc1. The molecular formula is C25H28N2O4. The van der Waals surface area contributed by atoms with Crippen LogP contribution in [0.3, 0.4) is 0 Å². The van der Waals surface area contributed by atoms with Gasteiger partial charge in [-0.05, 0) is 60.4 Å². The molecule has 0 aliphatic rings. The summed E-state index contributed by atoms with van der Waals surface area (Å²) in [5.74, 6) is 0.665. The number of benzene rings is 3. The molecular weight excluding hydrogens is 392 g/mol. The first-order chi connectivity index (χ1) is 14.8. The zero-order valence-corrected chi connectivity index (χ0v) is 18.2. The second-order valence-electron chi connectivity index (χ2n) is 7.73. The van der Waals surface area contributed by atoms with E-state index < -0.39 is 24.0 Å². The van der Waals surface area contributed by atoms with Crippen molar-refractivity contribution in [3.63, 3.8) is 0 Å². The molecule has 0 aliphatic heterocycles. The van der Waals surface area contributed by atoms with Crippen LogP contribution in [0.2, 0.25) is 0 Å². The molecule has 0 fully saturated rings. The van der Waals surface area contributed by atoms with Gasteiger partial charge in [0.25, 0.3) is 11.8 Å². The van der Waals surface area contributed by atoms with Gasteiger partial charge in [-0.1, -0.05) is 56.3 Å². The van der Waals surface area contributed by atoms with Crippen molar-refractivity contribution in [1.82, 2.24) is 10.9 Å². The Morgan fingerprint density at radius 2 is 1.19 bits per heavy atom. The van der Waals surface area contributed by atoms with Gasteiger partial charge in [-0.15, -0.1) is 0 Å². The van der Waals surface area contributed by atoms with Gasteiger partial charge in [0.05, 0.1) is 0 Å². The molecule has 31 heavy (non-hydrogen) atoms. The molecule has 0 aliphatic carbocycles. The van der Waals surface area contributed by atoms with E-state index in [1.165, 1.54) is 5.56 Å². The van der Waals surface area contributed by atoms with Crippen molar-refractivity contribution in [2.24, 2.45) is 0 Å². The fourth-order valence-electron chi connectivity index (χ4n) is 3.01. The molecule has 6 heteroatoms. The minimum atomic E-state index is -0.790. The van der Waals surface area contributed by atoms with Crippen LogP contribution in [0, 0.1) is 0 Å². The summed E-state index contributed by atoms with van der Waals surface area (Å²) in [5, 5.41) is 2.11. The van der Waals surface area contributed by atoms with E-state index in [0.717, 1.165) is 10.8 Å². The van der Waals surface area contributed by atoms with Crippen molar-refractivity contribution in [1.29, 1.82) is 0 Å². The Hall–Kier alpha value is -3.54. The minimum absolute atomic E-state index is 0.420. The predicted octanol–water partition coefficient (Wildman–Crippen LogP) is 4.35. The molecule has 6 nitrogen and oxygen atoms in total. The van der Waals surface area contributed by atoms with Gasteiger partial charge in [0.2, 0.25) is 0 Å². The van der Waals surface area contributed by atoms with Crippen LogP contribution in [0.1, 0.15) is 39.2 Å². The van der Waals surface area contributed by atoms with Gasteiger partial charge in [-0.25, -0.2) is 0 Å². The lowest BCUT2D eigenvalue weighted by Crippen LogP contribution is -2.50. The van der Waals surface area contributed by atoms with Crippen LogP contribution < -0.4 is 20.3 Å². The average molecular weight is 421 g/mol. The predicted molar refractivity (Wildman–Crippen MR) is 121 cm³/mol. The summed E-state index contributed by atoms with van der Waals surface area (Å²) in [6.45, 7) is 7.46. The van der Waals surface area contributed by atoms with Crippen molar-refractivity contribution in [2.75, 3.05) is 0 Å². The quantitative estimate of drug-likeness (QED) is 0.558. The summed E-state index contributed by atoms with van der Waals surface area (Å²) < 4.78 is 11.4. The fourth-order valence-corrected chi connectivity index (χ4v) is 3.01.